The van der Waals surface area contributed by atoms with Crippen LogP contribution in [0.1, 0.15) is 25.0 Å². The van der Waals surface area contributed by atoms with Gasteiger partial charge in [0.15, 0.2) is 0 Å². The maximum atomic E-state index is 13.2. The van der Waals surface area contributed by atoms with Crippen LogP contribution in [-0.2, 0) is 0 Å². The molecule has 1 aliphatic heterocycles. The molecule has 94 valence electrons. The molecule has 0 saturated heterocycles. The number of rotatable bonds is 2. The maximum absolute atomic E-state index is 13.2. The van der Waals surface area contributed by atoms with Crippen molar-refractivity contribution in [3.05, 3.63) is 65.1 Å². The van der Waals surface area contributed by atoms with Gasteiger partial charge >= 0.3 is 0 Å². The zero-order valence-electron chi connectivity index (χ0n) is 11.1. The summed E-state index contributed by atoms with van der Waals surface area (Å²) in [5.74, 6) is -0.193. The first kappa shape index (κ1) is 12.6. The Balaban J connectivity index is 2.52. The summed E-state index contributed by atoms with van der Waals surface area (Å²) in [5, 5.41) is 0. The van der Waals surface area contributed by atoms with Crippen molar-refractivity contribution in [3.8, 4) is 0 Å². The van der Waals surface area contributed by atoms with Crippen molar-refractivity contribution in [1.29, 1.82) is 0 Å². The van der Waals surface area contributed by atoms with Crippen molar-refractivity contribution in [1.82, 2.24) is 4.90 Å². The first-order chi connectivity index (χ1) is 8.54. The molecule has 0 radical (unpaired) electrons. The van der Waals surface area contributed by atoms with E-state index in [2.05, 4.69) is 37.5 Å². The highest BCUT2D eigenvalue weighted by Gasteiger charge is 2.18. The van der Waals surface area contributed by atoms with E-state index in [-0.39, 0.29) is 5.82 Å². The second kappa shape index (κ2) is 4.81. The van der Waals surface area contributed by atoms with Crippen LogP contribution in [0.15, 0.2) is 48.2 Å². The highest BCUT2D eigenvalue weighted by atomic mass is 19.1. The number of allylic oxidation sites excluding steroid dienone is 3. The molecule has 0 bridgehead atoms. The molecule has 0 saturated carbocycles. The number of halogens is 1. The number of likely N-dealkylation sites (N-methyl/N-ethyl adjacent to an activating group) is 1. The molecule has 0 spiro atoms. The molecule has 0 amide bonds. The van der Waals surface area contributed by atoms with Crippen molar-refractivity contribution >= 4 is 5.70 Å². The third kappa shape index (κ3) is 2.10. The summed E-state index contributed by atoms with van der Waals surface area (Å²) in [6, 6.07) is 4.91. The van der Waals surface area contributed by atoms with Crippen LogP contribution in [0.25, 0.3) is 5.70 Å². The topological polar surface area (TPSA) is 3.24 Å². The normalized spacial score (nSPS) is 15.6. The van der Waals surface area contributed by atoms with E-state index in [4.69, 9.17) is 0 Å². The number of hydrogen-bond donors (Lipinski definition) is 0. The summed E-state index contributed by atoms with van der Waals surface area (Å²) in [5.41, 5.74) is 5.27. The summed E-state index contributed by atoms with van der Waals surface area (Å²) in [7, 11) is 0. The van der Waals surface area contributed by atoms with E-state index in [1.807, 2.05) is 13.0 Å². The molecule has 0 aliphatic carbocycles. The number of benzene rings is 1. The Morgan fingerprint density at radius 1 is 1.22 bits per heavy atom. The average molecular weight is 243 g/mol. The van der Waals surface area contributed by atoms with Crippen LogP contribution in [0, 0.1) is 12.7 Å². The van der Waals surface area contributed by atoms with Crippen LogP contribution >= 0.6 is 0 Å². The lowest BCUT2D eigenvalue weighted by Gasteiger charge is -2.32. The monoisotopic (exact) mass is 243 g/mol. The quantitative estimate of drug-likeness (QED) is 0.749. The van der Waals surface area contributed by atoms with E-state index >= 15 is 0 Å². The minimum absolute atomic E-state index is 0.193. The number of aryl methyl sites for hydroxylation is 1. The smallest absolute Gasteiger partial charge is 0.123 e. The fourth-order valence-corrected chi connectivity index (χ4v) is 2.26. The zero-order chi connectivity index (χ0) is 13.3. The first-order valence-electron chi connectivity index (χ1n) is 6.16. The molecule has 0 N–H and O–H groups in total. The molecule has 1 nitrogen and oxygen atoms in total. The van der Waals surface area contributed by atoms with Crippen LogP contribution < -0.4 is 0 Å². The lowest BCUT2D eigenvalue weighted by Crippen LogP contribution is -2.23. The highest BCUT2D eigenvalue weighted by Crippen LogP contribution is 2.31. The molecule has 0 fully saturated rings. The summed E-state index contributed by atoms with van der Waals surface area (Å²) < 4.78 is 13.2. The Morgan fingerprint density at radius 3 is 2.56 bits per heavy atom. The Labute approximate surface area is 108 Å². The Hall–Kier alpha value is -1.83. The van der Waals surface area contributed by atoms with Gasteiger partial charge in [-0.25, -0.2) is 4.39 Å². The number of hydrogen-bond acceptors (Lipinski definition) is 1. The van der Waals surface area contributed by atoms with Crippen LogP contribution in [0.4, 0.5) is 4.39 Å². The van der Waals surface area contributed by atoms with E-state index in [1.165, 1.54) is 11.6 Å². The summed E-state index contributed by atoms with van der Waals surface area (Å²) >= 11 is 0. The molecule has 0 unspecified atom stereocenters. The Morgan fingerprint density at radius 2 is 1.94 bits per heavy atom. The Kier molecular flexibility index (Phi) is 3.37. The van der Waals surface area contributed by atoms with Gasteiger partial charge in [-0.3, -0.25) is 0 Å². The number of nitrogens with zero attached hydrogens (tertiary/aromatic N) is 1. The lowest BCUT2D eigenvalue weighted by atomic mass is 9.99. The van der Waals surface area contributed by atoms with Gasteiger partial charge in [0.1, 0.15) is 5.82 Å². The average Bonchev–Trinajstić information content (AvgIpc) is 2.33. The van der Waals surface area contributed by atoms with E-state index in [0.717, 1.165) is 29.1 Å². The van der Waals surface area contributed by atoms with E-state index in [0.29, 0.717) is 0 Å². The summed E-state index contributed by atoms with van der Waals surface area (Å²) in [4.78, 5) is 2.16. The van der Waals surface area contributed by atoms with Crippen molar-refractivity contribution in [2.45, 2.75) is 20.8 Å². The molecule has 0 atom stereocenters. The van der Waals surface area contributed by atoms with Gasteiger partial charge in [-0.05, 0) is 56.2 Å². The van der Waals surface area contributed by atoms with E-state index < -0.39 is 0 Å². The van der Waals surface area contributed by atoms with E-state index in [9.17, 15) is 4.39 Å². The molecule has 1 heterocycles. The molecular formula is C16H18FN. The highest BCUT2D eigenvalue weighted by molar-refractivity contribution is 5.72. The van der Waals surface area contributed by atoms with Crippen molar-refractivity contribution in [3.63, 3.8) is 0 Å². The molecular weight excluding hydrogens is 225 g/mol. The van der Waals surface area contributed by atoms with Gasteiger partial charge in [0, 0.05) is 23.5 Å². The van der Waals surface area contributed by atoms with Gasteiger partial charge in [-0.15, -0.1) is 0 Å². The summed E-state index contributed by atoms with van der Waals surface area (Å²) in [6.07, 6.45) is 4.14. The zero-order valence-corrected chi connectivity index (χ0v) is 11.1. The molecule has 1 aromatic carbocycles. The minimum Gasteiger partial charge on any atom is -0.342 e. The van der Waals surface area contributed by atoms with E-state index in [1.54, 1.807) is 6.07 Å². The van der Waals surface area contributed by atoms with Gasteiger partial charge < -0.3 is 4.90 Å². The van der Waals surface area contributed by atoms with Gasteiger partial charge in [0.25, 0.3) is 0 Å². The van der Waals surface area contributed by atoms with Crippen LogP contribution in [0.2, 0.25) is 0 Å². The molecule has 2 rings (SSSR count). The molecule has 1 aromatic rings. The second-order valence-corrected chi connectivity index (χ2v) is 4.55. The van der Waals surface area contributed by atoms with Crippen molar-refractivity contribution in [2.75, 3.05) is 6.54 Å². The largest absolute Gasteiger partial charge is 0.342 e. The lowest BCUT2D eigenvalue weighted by molar-refractivity contribution is 0.521. The molecule has 0 aromatic heterocycles. The Bertz CT molecular complexity index is 552. The standard InChI is InChI=1S/C16H18FN/c1-5-18-13(4)11(2)6-9-16(18)15-8-7-14(17)10-12(15)3/h6-10H,4-5H2,1-3H3. The maximum Gasteiger partial charge on any atom is 0.123 e. The molecule has 18 heavy (non-hydrogen) atoms. The van der Waals surface area contributed by atoms with Crippen LogP contribution in [0.3, 0.4) is 0 Å². The fourth-order valence-electron chi connectivity index (χ4n) is 2.26. The SMILES string of the molecule is C=C1C(C)=CC=C(c2ccc(F)cc2C)N1CC. The fraction of sp³-hybridized carbons (Fsp3) is 0.250. The van der Waals surface area contributed by atoms with Gasteiger partial charge in [0.05, 0.1) is 0 Å². The van der Waals surface area contributed by atoms with Crippen molar-refractivity contribution in [2.24, 2.45) is 0 Å². The first-order valence-corrected chi connectivity index (χ1v) is 6.16. The third-order valence-corrected chi connectivity index (χ3v) is 3.34. The minimum atomic E-state index is -0.193. The second-order valence-electron chi connectivity index (χ2n) is 4.55. The van der Waals surface area contributed by atoms with Crippen molar-refractivity contribution < 1.29 is 4.39 Å². The van der Waals surface area contributed by atoms with Gasteiger partial charge in [-0.1, -0.05) is 12.7 Å². The van der Waals surface area contributed by atoms with Gasteiger partial charge in [0.2, 0.25) is 0 Å². The predicted molar refractivity (Wildman–Crippen MR) is 74.4 cm³/mol. The van der Waals surface area contributed by atoms with Crippen LogP contribution in [-0.4, -0.2) is 11.4 Å². The van der Waals surface area contributed by atoms with Gasteiger partial charge in [-0.2, -0.15) is 0 Å². The molecule has 2 heteroatoms. The van der Waals surface area contributed by atoms with Crippen LogP contribution in [0.5, 0.6) is 0 Å². The third-order valence-electron chi connectivity index (χ3n) is 3.34. The molecule has 1 aliphatic rings. The predicted octanol–water partition coefficient (Wildman–Crippen LogP) is 4.27. The summed E-state index contributed by atoms with van der Waals surface area (Å²) in [6.45, 7) is 11.0.